The van der Waals surface area contributed by atoms with E-state index in [2.05, 4.69) is 9.97 Å². The van der Waals surface area contributed by atoms with Crippen molar-refractivity contribution in [2.75, 3.05) is 0 Å². The Labute approximate surface area is 96.2 Å². The molecule has 17 heavy (non-hydrogen) atoms. The lowest BCUT2D eigenvalue weighted by Crippen LogP contribution is -2.43. The van der Waals surface area contributed by atoms with Gasteiger partial charge in [-0.25, -0.2) is 4.98 Å². The minimum atomic E-state index is -1.05. The number of imidazole rings is 1. The van der Waals surface area contributed by atoms with Gasteiger partial charge in [-0.1, -0.05) is 0 Å². The molecule has 92 valence electrons. The van der Waals surface area contributed by atoms with E-state index in [0.717, 1.165) is 0 Å². The van der Waals surface area contributed by atoms with E-state index in [0.29, 0.717) is 0 Å². The number of aromatic nitrogens is 2. The summed E-state index contributed by atoms with van der Waals surface area (Å²) in [6.07, 6.45) is 2.36. The summed E-state index contributed by atoms with van der Waals surface area (Å²) in [6, 6.07) is -1.03. The number of aromatic amines is 1. The molecule has 8 heteroatoms. The fraction of sp³-hybridized carbons (Fsp3) is 0.333. The lowest BCUT2D eigenvalue weighted by atomic mass is 10.1. The van der Waals surface area contributed by atoms with E-state index in [1.54, 1.807) is 0 Å². The van der Waals surface area contributed by atoms with Gasteiger partial charge in [0.25, 0.3) is 5.91 Å². The van der Waals surface area contributed by atoms with Crippen LogP contribution in [-0.4, -0.2) is 38.9 Å². The predicted octanol–water partition coefficient (Wildman–Crippen LogP) is -1.14. The minimum Gasteiger partial charge on any atom is -0.481 e. The summed E-state index contributed by atoms with van der Waals surface area (Å²) in [6.45, 7) is 0. The molecule has 0 aliphatic heterocycles. The van der Waals surface area contributed by atoms with Gasteiger partial charge < -0.3 is 15.8 Å². The maximum atomic E-state index is 11.4. The lowest BCUT2D eigenvalue weighted by molar-refractivity contribution is -0.137. The first-order valence-electron chi connectivity index (χ1n) is 4.82. The number of aliphatic carboxylic acids is 1. The maximum absolute atomic E-state index is 11.4. The number of carboxylic acids is 1. The molecule has 1 heterocycles. The van der Waals surface area contributed by atoms with Crippen LogP contribution in [-0.2, 0) is 9.59 Å². The Morgan fingerprint density at radius 3 is 2.76 bits per heavy atom. The first kappa shape index (κ1) is 12.8. The molecule has 0 unspecified atom stereocenters. The van der Waals surface area contributed by atoms with Gasteiger partial charge in [0.1, 0.15) is 5.69 Å². The summed E-state index contributed by atoms with van der Waals surface area (Å²) >= 11 is 0. The van der Waals surface area contributed by atoms with Gasteiger partial charge in [0.05, 0.1) is 12.4 Å². The molecule has 0 bridgehead atoms. The van der Waals surface area contributed by atoms with Crippen molar-refractivity contribution in [3.05, 3.63) is 18.2 Å². The number of nitrogens with two attached hydrogens (primary N) is 1. The molecule has 1 aromatic heterocycles. The van der Waals surface area contributed by atoms with Gasteiger partial charge in [-0.15, -0.1) is 0 Å². The highest BCUT2D eigenvalue weighted by atomic mass is 16.4. The van der Waals surface area contributed by atoms with Crippen molar-refractivity contribution in [3.63, 3.8) is 0 Å². The van der Waals surface area contributed by atoms with Crippen molar-refractivity contribution in [2.24, 2.45) is 5.73 Å². The monoisotopic (exact) mass is 240 g/mol. The topological polar surface area (TPSA) is 138 Å². The second-order valence-corrected chi connectivity index (χ2v) is 3.31. The van der Waals surface area contributed by atoms with E-state index in [-0.39, 0.29) is 18.5 Å². The third kappa shape index (κ3) is 4.03. The maximum Gasteiger partial charge on any atom is 0.303 e. The molecule has 8 nitrogen and oxygen atoms in total. The van der Waals surface area contributed by atoms with Crippen LogP contribution in [0.5, 0.6) is 0 Å². The van der Waals surface area contributed by atoms with E-state index in [1.807, 2.05) is 5.32 Å². The van der Waals surface area contributed by atoms with Crippen LogP contribution < -0.4 is 11.1 Å². The summed E-state index contributed by atoms with van der Waals surface area (Å²) in [5.74, 6) is -2.45. The number of amides is 2. The molecular formula is C9H12N4O4. The SMILES string of the molecule is N[C@@H](CCC(=O)O)C(=O)NC(=O)c1c[nH]cn1. The predicted molar refractivity (Wildman–Crippen MR) is 55.9 cm³/mol. The van der Waals surface area contributed by atoms with Gasteiger partial charge in [0, 0.05) is 12.6 Å². The summed E-state index contributed by atoms with van der Waals surface area (Å²) in [5, 5.41) is 10.4. The van der Waals surface area contributed by atoms with Crippen molar-refractivity contribution in [2.45, 2.75) is 18.9 Å². The first-order chi connectivity index (χ1) is 8.00. The first-order valence-corrected chi connectivity index (χ1v) is 4.82. The second kappa shape index (κ2) is 5.75. The minimum absolute atomic E-state index is 0.0327. The molecule has 0 spiro atoms. The van der Waals surface area contributed by atoms with Crippen LogP contribution >= 0.6 is 0 Å². The molecule has 0 aliphatic rings. The molecule has 5 N–H and O–H groups in total. The third-order valence-corrected chi connectivity index (χ3v) is 1.97. The highest BCUT2D eigenvalue weighted by Crippen LogP contribution is 1.96. The van der Waals surface area contributed by atoms with Crippen molar-refractivity contribution in [1.29, 1.82) is 0 Å². The Kier molecular flexibility index (Phi) is 4.35. The van der Waals surface area contributed by atoms with Crippen molar-refractivity contribution in [3.8, 4) is 0 Å². The molecular weight excluding hydrogens is 228 g/mol. The zero-order chi connectivity index (χ0) is 12.8. The number of nitrogens with one attached hydrogen (secondary N) is 2. The standard InChI is InChI=1S/C9H12N4O4/c10-5(1-2-7(14)15)8(16)13-9(17)6-3-11-4-12-6/h3-5H,1-2,10H2,(H,11,12)(H,14,15)(H,13,16,17)/t5-/m0/s1. The molecule has 0 fully saturated rings. The number of carboxylic acid groups (broad SMARTS) is 1. The summed E-state index contributed by atoms with van der Waals surface area (Å²) in [7, 11) is 0. The molecule has 1 atom stereocenters. The van der Waals surface area contributed by atoms with Crippen LogP contribution in [0.3, 0.4) is 0 Å². The van der Waals surface area contributed by atoms with E-state index in [4.69, 9.17) is 10.8 Å². The van der Waals surface area contributed by atoms with E-state index < -0.39 is 23.8 Å². The number of hydrogen-bond donors (Lipinski definition) is 4. The van der Waals surface area contributed by atoms with Crippen molar-refractivity contribution >= 4 is 17.8 Å². The Morgan fingerprint density at radius 2 is 2.24 bits per heavy atom. The lowest BCUT2D eigenvalue weighted by Gasteiger charge is -2.09. The summed E-state index contributed by atoms with van der Waals surface area (Å²) < 4.78 is 0. The normalized spacial score (nSPS) is 11.8. The number of imide groups is 1. The van der Waals surface area contributed by atoms with Crippen LogP contribution in [0, 0.1) is 0 Å². The van der Waals surface area contributed by atoms with Gasteiger partial charge in [-0.05, 0) is 6.42 Å². The largest absolute Gasteiger partial charge is 0.481 e. The molecule has 0 aromatic carbocycles. The highest BCUT2D eigenvalue weighted by Gasteiger charge is 2.18. The van der Waals surface area contributed by atoms with Gasteiger partial charge in [0.2, 0.25) is 5.91 Å². The number of rotatable bonds is 5. The third-order valence-electron chi connectivity index (χ3n) is 1.97. The Balaban J connectivity index is 2.43. The van der Waals surface area contributed by atoms with E-state index >= 15 is 0 Å². The van der Waals surface area contributed by atoms with Gasteiger partial charge in [0.15, 0.2) is 0 Å². The Morgan fingerprint density at radius 1 is 1.53 bits per heavy atom. The Hall–Kier alpha value is -2.22. The number of carbonyl (C=O) groups excluding carboxylic acids is 2. The molecule has 0 saturated carbocycles. The molecule has 0 saturated heterocycles. The van der Waals surface area contributed by atoms with Gasteiger partial charge in [-0.2, -0.15) is 0 Å². The van der Waals surface area contributed by atoms with Crippen molar-refractivity contribution < 1.29 is 19.5 Å². The fourth-order valence-corrected chi connectivity index (χ4v) is 1.06. The summed E-state index contributed by atoms with van der Waals surface area (Å²) in [4.78, 5) is 39.2. The van der Waals surface area contributed by atoms with Gasteiger partial charge in [-0.3, -0.25) is 19.7 Å². The van der Waals surface area contributed by atoms with Crippen LogP contribution in [0.15, 0.2) is 12.5 Å². The molecule has 2 amide bonds. The van der Waals surface area contributed by atoms with E-state index in [1.165, 1.54) is 12.5 Å². The van der Waals surface area contributed by atoms with Crippen molar-refractivity contribution in [1.82, 2.24) is 15.3 Å². The second-order valence-electron chi connectivity index (χ2n) is 3.31. The zero-order valence-corrected chi connectivity index (χ0v) is 8.84. The fourth-order valence-electron chi connectivity index (χ4n) is 1.06. The molecule has 1 rings (SSSR count). The average molecular weight is 240 g/mol. The average Bonchev–Trinajstić information content (AvgIpc) is 2.78. The number of H-pyrrole nitrogens is 1. The van der Waals surface area contributed by atoms with Crippen LogP contribution in [0.1, 0.15) is 23.3 Å². The van der Waals surface area contributed by atoms with Crippen LogP contribution in [0.2, 0.25) is 0 Å². The molecule has 0 aliphatic carbocycles. The summed E-state index contributed by atoms with van der Waals surface area (Å²) in [5.41, 5.74) is 5.47. The van der Waals surface area contributed by atoms with Gasteiger partial charge >= 0.3 is 5.97 Å². The Bertz CT molecular complexity index is 415. The van der Waals surface area contributed by atoms with E-state index in [9.17, 15) is 14.4 Å². The number of carbonyl (C=O) groups is 3. The quantitative estimate of drug-likeness (QED) is 0.513. The molecule has 0 radical (unpaired) electrons. The number of hydrogen-bond acceptors (Lipinski definition) is 5. The number of nitrogens with zero attached hydrogens (tertiary/aromatic N) is 1. The van der Waals surface area contributed by atoms with Crippen LogP contribution in [0.4, 0.5) is 0 Å². The molecule has 1 aromatic rings. The smallest absolute Gasteiger partial charge is 0.303 e. The zero-order valence-electron chi connectivity index (χ0n) is 8.84. The van der Waals surface area contributed by atoms with Crippen LogP contribution in [0.25, 0.3) is 0 Å². The highest BCUT2D eigenvalue weighted by molar-refractivity contribution is 6.04.